The van der Waals surface area contributed by atoms with Gasteiger partial charge in [0.2, 0.25) is 0 Å². The van der Waals surface area contributed by atoms with Crippen LogP contribution >= 0.6 is 23.2 Å². The molecule has 8 heteroatoms. The van der Waals surface area contributed by atoms with E-state index in [1.807, 2.05) is 0 Å². The minimum absolute atomic E-state index is 0.100. The lowest BCUT2D eigenvalue weighted by Crippen LogP contribution is -2.18. The summed E-state index contributed by atoms with van der Waals surface area (Å²) in [6, 6.07) is 11.0. The number of amides is 1. The second-order valence-electron chi connectivity index (χ2n) is 5.24. The zero-order valence-corrected chi connectivity index (χ0v) is 14.3. The molecule has 2 heterocycles. The summed E-state index contributed by atoms with van der Waals surface area (Å²) in [4.78, 5) is 24.0. The van der Waals surface area contributed by atoms with Gasteiger partial charge in [-0.05, 0) is 30.3 Å². The molecule has 25 heavy (non-hydrogen) atoms. The number of anilines is 2. The minimum Gasteiger partial charge on any atom is -0.454 e. The molecule has 0 saturated heterocycles. The number of hydrogen-bond acceptors (Lipinski definition) is 4. The van der Waals surface area contributed by atoms with Crippen molar-refractivity contribution in [1.82, 2.24) is 4.57 Å². The maximum absolute atomic E-state index is 12.3. The summed E-state index contributed by atoms with van der Waals surface area (Å²) in [6.45, 7) is 0.229. The highest BCUT2D eigenvalue weighted by atomic mass is 35.5. The number of rotatable bonds is 4. The molecule has 0 saturated carbocycles. The minimum atomic E-state index is -0.469. The van der Waals surface area contributed by atoms with Crippen LogP contribution in [0.2, 0.25) is 10.0 Å². The Morgan fingerprint density at radius 2 is 1.88 bits per heavy atom. The van der Waals surface area contributed by atoms with E-state index in [1.54, 1.807) is 24.4 Å². The van der Waals surface area contributed by atoms with Crippen LogP contribution in [0.3, 0.4) is 0 Å². The molecular weight excluding hydrogens is 365 g/mol. The molecule has 0 unspecified atom stereocenters. The summed E-state index contributed by atoms with van der Waals surface area (Å²) in [5.74, 6) is 0.110. The van der Waals surface area contributed by atoms with E-state index in [-0.39, 0.29) is 33.6 Å². The highest BCUT2D eigenvalue weighted by Crippen LogP contribution is 2.31. The maximum Gasteiger partial charge on any atom is 0.291 e. The van der Waals surface area contributed by atoms with Gasteiger partial charge in [-0.2, -0.15) is 0 Å². The van der Waals surface area contributed by atoms with Crippen molar-refractivity contribution in [2.75, 3.05) is 11.1 Å². The molecule has 2 aromatic heterocycles. The van der Waals surface area contributed by atoms with E-state index < -0.39 is 5.91 Å². The molecule has 1 amide bonds. The molecule has 0 bridgehead atoms. The second kappa shape index (κ2) is 7.04. The number of nitrogen functional groups attached to an aromatic ring is 1. The predicted molar refractivity (Wildman–Crippen MR) is 97.3 cm³/mol. The first-order chi connectivity index (χ1) is 11.9. The molecule has 0 radical (unpaired) electrons. The van der Waals surface area contributed by atoms with Gasteiger partial charge in [0.15, 0.2) is 5.76 Å². The van der Waals surface area contributed by atoms with E-state index in [1.165, 1.54) is 28.8 Å². The van der Waals surface area contributed by atoms with Gasteiger partial charge < -0.3 is 20.0 Å². The van der Waals surface area contributed by atoms with E-state index >= 15 is 0 Å². The molecular formula is C17H13Cl2N3O3. The largest absolute Gasteiger partial charge is 0.454 e. The van der Waals surface area contributed by atoms with E-state index in [0.29, 0.717) is 11.4 Å². The van der Waals surface area contributed by atoms with Gasteiger partial charge in [0.05, 0.1) is 22.3 Å². The Kier molecular flexibility index (Phi) is 4.83. The molecule has 0 aliphatic heterocycles. The Balaban J connectivity index is 1.75. The van der Waals surface area contributed by atoms with Crippen LogP contribution < -0.4 is 16.6 Å². The Bertz CT molecular complexity index is 972. The van der Waals surface area contributed by atoms with Gasteiger partial charge in [-0.25, -0.2) is 0 Å². The Morgan fingerprint density at radius 1 is 1.16 bits per heavy atom. The van der Waals surface area contributed by atoms with E-state index in [0.717, 1.165) is 0 Å². The molecule has 0 atom stereocenters. The smallest absolute Gasteiger partial charge is 0.291 e. The van der Waals surface area contributed by atoms with Crippen LogP contribution in [-0.2, 0) is 6.54 Å². The second-order valence-corrected chi connectivity index (χ2v) is 6.05. The van der Waals surface area contributed by atoms with Crippen molar-refractivity contribution in [1.29, 1.82) is 0 Å². The van der Waals surface area contributed by atoms with Crippen LogP contribution in [0, 0.1) is 0 Å². The maximum atomic E-state index is 12.3. The van der Waals surface area contributed by atoms with Gasteiger partial charge in [0.25, 0.3) is 11.5 Å². The Morgan fingerprint density at radius 3 is 2.56 bits per heavy atom. The first-order valence-corrected chi connectivity index (χ1v) is 7.99. The number of halogens is 2. The van der Waals surface area contributed by atoms with Crippen LogP contribution in [0.15, 0.2) is 57.9 Å². The third-order valence-corrected chi connectivity index (χ3v) is 4.07. The summed E-state index contributed by atoms with van der Waals surface area (Å²) in [5, 5.41) is 3.11. The lowest BCUT2D eigenvalue weighted by atomic mass is 10.2. The van der Waals surface area contributed by atoms with Crippen molar-refractivity contribution in [3.05, 3.63) is 80.6 Å². The number of nitrogens with one attached hydrogen (secondary N) is 1. The predicted octanol–water partition coefficient (Wildman–Crippen LogP) is 3.63. The number of nitrogens with zero attached hydrogens (tertiary/aromatic N) is 1. The molecule has 0 aliphatic carbocycles. The molecule has 3 aromatic rings. The Hall–Kier alpha value is -2.70. The van der Waals surface area contributed by atoms with Crippen molar-refractivity contribution < 1.29 is 9.21 Å². The van der Waals surface area contributed by atoms with Crippen LogP contribution in [0.4, 0.5) is 11.4 Å². The van der Waals surface area contributed by atoms with Crippen molar-refractivity contribution >= 4 is 40.5 Å². The van der Waals surface area contributed by atoms with Crippen LogP contribution in [0.25, 0.3) is 0 Å². The number of furan rings is 1. The fourth-order valence-corrected chi connectivity index (χ4v) is 2.68. The molecule has 128 valence electrons. The third kappa shape index (κ3) is 3.87. The lowest BCUT2D eigenvalue weighted by Gasteiger charge is -2.07. The molecule has 0 spiro atoms. The first-order valence-electron chi connectivity index (χ1n) is 7.24. The van der Waals surface area contributed by atoms with Crippen molar-refractivity contribution in [3.63, 3.8) is 0 Å². The average molecular weight is 378 g/mol. The van der Waals surface area contributed by atoms with Crippen LogP contribution in [0.1, 0.15) is 16.3 Å². The Labute approximate surface area is 152 Å². The van der Waals surface area contributed by atoms with E-state index in [4.69, 9.17) is 33.4 Å². The fraction of sp³-hybridized carbons (Fsp3) is 0.0588. The van der Waals surface area contributed by atoms with E-state index in [2.05, 4.69) is 5.32 Å². The van der Waals surface area contributed by atoms with Gasteiger partial charge in [-0.1, -0.05) is 29.3 Å². The van der Waals surface area contributed by atoms with Crippen LogP contribution in [0.5, 0.6) is 0 Å². The summed E-state index contributed by atoms with van der Waals surface area (Å²) in [6.07, 6.45) is 1.64. The van der Waals surface area contributed by atoms with Gasteiger partial charge in [-0.3, -0.25) is 9.59 Å². The number of pyridine rings is 1. The van der Waals surface area contributed by atoms with E-state index in [9.17, 15) is 9.59 Å². The lowest BCUT2D eigenvalue weighted by molar-refractivity contribution is 0.0995. The number of nitrogens with two attached hydrogens (primary N) is 1. The van der Waals surface area contributed by atoms with Gasteiger partial charge >= 0.3 is 0 Å². The molecule has 3 rings (SSSR count). The number of aromatic nitrogens is 1. The van der Waals surface area contributed by atoms with Crippen molar-refractivity contribution in [3.8, 4) is 0 Å². The highest BCUT2D eigenvalue weighted by Gasteiger charge is 2.14. The topological polar surface area (TPSA) is 90.3 Å². The summed E-state index contributed by atoms with van der Waals surface area (Å²) >= 11 is 11.9. The molecule has 0 fully saturated rings. The van der Waals surface area contributed by atoms with Crippen LogP contribution in [-0.4, -0.2) is 10.5 Å². The van der Waals surface area contributed by atoms with Gasteiger partial charge in [0.1, 0.15) is 5.76 Å². The van der Waals surface area contributed by atoms with Crippen molar-refractivity contribution in [2.45, 2.75) is 6.54 Å². The molecule has 0 aliphatic rings. The van der Waals surface area contributed by atoms with Gasteiger partial charge in [0, 0.05) is 18.0 Å². The molecule has 6 nitrogen and oxygen atoms in total. The summed E-state index contributed by atoms with van der Waals surface area (Å²) in [7, 11) is 0. The number of carbonyl (C=O) groups is 1. The third-order valence-electron chi connectivity index (χ3n) is 3.45. The van der Waals surface area contributed by atoms with Gasteiger partial charge in [-0.15, -0.1) is 0 Å². The monoisotopic (exact) mass is 377 g/mol. The SMILES string of the molecule is Nc1c(Cl)cc(NC(=O)c2ccc(Cn3ccccc3=O)o2)cc1Cl. The summed E-state index contributed by atoms with van der Waals surface area (Å²) in [5.41, 5.74) is 6.14. The number of benzene rings is 1. The zero-order chi connectivity index (χ0) is 18.0. The quantitative estimate of drug-likeness (QED) is 0.679. The highest BCUT2D eigenvalue weighted by molar-refractivity contribution is 6.39. The normalized spacial score (nSPS) is 10.6. The zero-order valence-electron chi connectivity index (χ0n) is 12.8. The first kappa shape index (κ1) is 17.1. The molecule has 1 aromatic carbocycles. The average Bonchev–Trinajstić information content (AvgIpc) is 3.03. The fourth-order valence-electron chi connectivity index (χ4n) is 2.19. The number of hydrogen-bond donors (Lipinski definition) is 2. The van der Waals surface area contributed by atoms with Crippen molar-refractivity contribution in [2.24, 2.45) is 0 Å². The molecule has 3 N–H and O–H groups in total. The standard InChI is InChI=1S/C17H13Cl2N3O3/c18-12-7-10(8-13(19)16(12)20)21-17(24)14-5-4-11(25-14)9-22-6-2-1-3-15(22)23/h1-8H,9,20H2,(H,21,24). The summed E-state index contributed by atoms with van der Waals surface area (Å²) < 4.78 is 6.97. The number of carbonyl (C=O) groups excluding carboxylic acids is 1.